The number of amides is 1. The normalized spacial score (nSPS) is 11.5. The topological polar surface area (TPSA) is 92.3 Å². The molecule has 0 unspecified atom stereocenters. The number of pyridine rings is 1. The molecular formula is C21H20N4O3S3. The van der Waals surface area contributed by atoms with Crippen LogP contribution >= 0.6 is 22.7 Å². The molecule has 10 heteroatoms. The highest BCUT2D eigenvalue weighted by molar-refractivity contribution is 7.93. The Labute approximate surface area is 188 Å². The second-order valence-electron chi connectivity index (χ2n) is 6.83. The van der Waals surface area contributed by atoms with Crippen molar-refractivity contribution in [2.75, 3.05) is 18.5 Å². The summed E-state index contributed by atoms with van der Waals surface area (Å²) in [4.78, 5) is 23.4. The standard InChI is InChI=1S/C21H20N4O3S3/c1-3-25(2)21-24-13-19(30-21)31(27,28)16-6-4-14(5-7-16)11-23-20(26)17-10-15-8-9-22-12-18(15)29-17/h4-10,12-13H,3,11H2,1-2H3,(H,23,26). The summed E-state index contributed by atoms with van der Waals surface area (Å²) in [7, 11) is -1.76. The number of hydrogen-bond acceptors (Lipinski definition) is 8. The lowest BCUT2D eigenvalue weighted by Gasteiger charge is -2.11. The van der Waals surface area contributed by atoms with Crippen LogP contribution in [0.1, 0.15) is 22.2 Å². The summed E-state index contributed by atoms with van der Waals surface area (Å²) < 4.78 is 26.9. The number of rotatable bonds is 7. The van der Waals surface area contributed by atoms with E-state index < -0.39 is 9.84 Å². The third kappa shape index (κ3) is 4.46. The van der Waals surface area contributed by atoms with Gasteiger partial charge in [0.15, 0.2) is 5.13 Å². The number of nitrogens with one attached hydrogen (secondary N) is 1. The van der Waals surface area contributed by atoms with Crippen LogP contribution in [0.15, 0.2) is 64.1 Å². The molecule has 3 heterocycles. The number of anilines is 1. The van der Waals surface area contributed by atoms with Crippen molar-refractivity contribution >= 4 is 53.6 Å². The van der Waals surface area contributed by atoms with Crippen molar-refractivity contribution in [1.29, 1.82) is 0 Å². The number of thiazole rings is 1. The first kappa shape index (κ1) is 21.4. The van der Waals surface area contributed by atoms with Crippen LogP contribution in [0.4, 0.5) is 5.13 Å². The van der Waals surface area contributed by atoms with E-state index >= 15 is 0 Å². The molecule has 3 aromatic heterocycles. The molecular weight excluding hydrogens is 452 g/mol. The molecule has 0 atom stereocenters. The fraction of sp³-hybridized carbons (Fsp3) is 0.190. The fourth-order valence-corrected chi connectivity index (χ4v) is 6.35. The van der Waals surface area contributed by atoms with Gasteiger partial charge >= 0.3 is 0 Å². The first-order valence-corrected chi connectivity index (χ1v) is 12.6. The van der Waals surface area contributed by atoms with Gasteiger partial charge in [-0.05, 0) is 42.1 Å². The molecule has 0 spiro atoms. The molecule has 0 saturated heterocycles. The Bertz CT molecular complexity index is 1290. The molecule has 0 aliphatic rings. The monoisotopic (exact) mass is 472 g/mol. The number of benzene rings is 1. The summed E-state index contributed by atoms with van der Waals surface area (Å²) >= 11 is 2.54. The van der Waals surface area contributed by atoms with Crippen LogP contribution in [0.25, 0.3) is 10.1 Å². The van der Waals surface area contributed by atoms with Crippen LogP contribution in [-0.4, -0.2) is 37.9 Å². The predicted molar refractivity (Wildman–Crippen MR) is 124 cm³/mol. The molecule has 0 saturated carbocycles. The van der Waals surface area contributed by atoms with E-state index in [9.17, 15) is 13.2 Å². The second-order valence-corrected chi connectivity index (χ2v) is 11.1. The van der Waals surface area contributed by atoms with Gasteiger partial charge in [0.2, 0.25) is 9.84 Å². The maximum atomic E-state index is 12.9. The molecule has 0 aliphatic heterocycles. The van der Waals surface area contributed by atoms with E-state index in [4.69, 9.17) is 0 Å². The highest BCUT2D eigenvalue weighted by Crippen LogP contribution is 2.30. The molecule has 160 valence electrons. The first-order valence-electron chi connectivity index (χ1n) is 9.51. The Kier molecular flexibility index (Phi) is 6.03. The molecule has 4 aromatic rings. The Morgan fingerprint density at radius 3 is 2.61 bits per heavy atom. The van der Waals surface area contributed by atoms with Crippen LogP contribution in [0.5, 0.6) is 0 Å². The number of hydrogen-bond donors (Lipinski definition) is 1. The summed E-state index contributed by atoms with van der Waals surface area (Å²) in [5, 5.41) is 4.52. The summed E-state index contributed by atoms with van der Waals surface area (Å²) in [6.07, 6.45) is 4.83. The number of thiophene rings is 1. The molecule has 7 nitrogen and oxygen atoms in total. The van der Waals surface area contributed by atoms with E-state index in [0.717, 1.165) is 33.5 Å². The predicted octanol–water partition coefficient (Wildman–Crippen LogP) is 3.97. The highest BCUT2D eigenvalue weighted by atomic mass is 32.2. The number of fused-ring (bicyclic) bond motifs is 1. The van der Waals surface area contributed by atoms with Gasteiger partial charge in [-0.3, -0.25) is 9.78 Å². The van der Waals surface area contributed by atoms with Gasteiger partial charge in [-0.1, -0.05) is 23.5 Å². The minimum atomic E-state index is -3.63. The first-order chi connectivity index (χ1) is 14.9. The maximum Gasteiger partial charge on any atom is 0.261 e. The number of carbonyl (C=O) groups excluding carboxylic acids is 1. The van der Waals surface area contributed by atoms with Gasteiger partial charge in [-0.2, -0.15) is 0 Å². The van der Waals surface area contributed by atoms with E-state index in [-0.39, 0.29) is 15.0 Å². The Hall–Kier alpha value is -2.82. The van der Waals surface area contributed by atoms with E-state index in [1.165, 1.54) is 17.5 Å². The Morgan fingerprint density at radius 2 is 1.90 bits per heavy atom. The van der Waals surface area contributed by atoms with Crippen LogP contribution in [0.3, 0.4) is 0 Å². The van der Waals surface area contributed by atoms with Crippen molar-refractivity contribution in [3.8, 4) is 0 Å². The van der Waals surface area contributed by atoms with Crippen molar-refractivity contribution in [3.63, 3.8) is 0 Å². The third-order valence-corrected chi connectivity index (χ3v) is 9.20. The molecule has 31 heavy (non-hydrogen) atoms. The van der Waals surface area contributed by atoms with Gasteiger partial charge in [0.05, 0.1) is 20.7 Å². The average Bonchev–Trinajstić information content (AvgIpc) is 3.45. The molecule has 0 fully saturated rings. The van der Waals surface area contributed by atoms with Gasteiger partial charge in [-0.25, -0.2) is 13.4 Å². The summed E-state index contributed by atoms with van der Waals surface area (Å²) in [5.74, 6) is -0.171. The fourth-order valence-electron chi connectivity index (χ4n) is 2.85. The van der Waals surface area contributed by atoms with Crippen LogP contribution < -0.4 is 10.2 Å². The van der Waals surface area contributed by atoms with Crippen molar-refractivity contribution in [2.24, 2.45) is 0 Å². The van der Waals surface area contributed by atoms with Crippen molar-refractivity contribution in [3.05, 3.63) is 65.4 Å². The lowest BCUT2D eigenvalue weighted by atomic mass is 10.2. The molecule has 4 rings (SSSR count). The molecule has 1 aromatic carbocycles. The van der Waals surface area contributed by atoms with E-state index in [1.54, 1.807) is 36.7 Å². The molecule has 0 radical (unpaired) electrons. The van der Waals surface area contributed by atoms with Crippen LogP contribution in [0.2, 0.25) is 0 Å². The molecule has 0 aliphatic carbocycles. The summed E-state index contributed by atoms with van der Waals surface area (Å²) in [6, 6.07) is 10.3. The van der Waals surface area contributed by atoms with Crippen LogP contribution in [0, 0.1) is 0 Å². The highest BCUT2D eigenvalue weighted by Gasteiger charge is 2.21. The zero-order valence-electron chi connectivity index (χ0n) is 16.9. The minimum Gasteiger partial charge on any atom is -0.351 e. The zero-order valence-corrected chi connectivity index (χ0v) is 19.4. The third-order valence-electron chi connectivity index (χ3n) is 4.77. The van der Waals surface area contributed by atoms with Crippen molar-refractivity contribution < 1.29 is 13.2 Å². The second kappa shape index (κ2) is 8.74. The summed E-state index contributed by atoms with van der Waals surface area (Å²) in [6.45, 7) is 3.02. The van der Waals surface area contributed by atoms with Gasteiger partial charge in [0, 0.05) is 32.5 Å². The SMILES string of the molecule is CCN(C)c1ncc(S(=O)(=O)c2ccc(CNC(=O)c3cc4ccncc4s3)cc2)s1. The summed E-state index contributed by atoms with van der Waals surface area (Å²) in [5.41, 5.74) is 0.811. The lowest BCUT2D eigenvalue weighted by Crippen LogP contribution is -2.21. The quantitative estimate of drug-likeness (QED) is 0.438. The average molecular weight is 473 g/mol. The molecule has 0 bridgehead atoms. The number of carbonyl (C=O) groups is 1. The van der Waals surface area contributed by atoms with Gasteiger partial charge in [0.25, 0.3) is 5.91 Å². The van der Waals surface area contributed by atoms with Crippen LogP contribution in [-0.2, 0) is 16.4 Å². The molecule has 1 amide bonds. The van der Waals surface area contributed by atoms with E-state index in [0.29, 0.717) is 16.6 Å². The van der Waals surface area contributed by atoms with E-state index in [2.05, 4.69) is 15.3 Å². The Balaban J connectivity index is 1.44. The Morgan fingerprint density at radius 1 is 1.13 bits per heavy atom. The minimum absolute atomic E-state index is 0.171. The smallest absolute Gasteiger partial charge is 0.261 e. The number of aromatic nitrogens is 2. The van der Waals surface area contributed by atoms with Crippen molar-refractivity contribution in [1.82, 2.24) is 15.3 Å². The largest absolute Gasteiger partial charge is 0.351 e. The maximum absolute atomic E-state index is 12.9. The van der Waals surface area contributed by atoms with E-state index in [1.807, 2.05) is 31.0 Å². The van der Waals surface area contributed by atoms with Gasteiger partial charge < -0.3 is 10.2 Å². The number of nitrogens with zero attached hydrogens (tertiary/aromatic N) is 3. The van der Waals surface area contributed by atoms with Gasteiger partial charge in [-0.15, -0.1) is 11.3 Å². The number of sulfone groups is 1. The molecule has 1 N–H and O–H groups in total. The lowest BCUT2D eigenvalue weighted by molar-refractivity contribution is 0.0955. The van der Waals surface area contributed by atoms with Crippen molar-refractivity contribution in [2.45, 2.75) is 22.6 Å². The van der Waals surface area contributed by atoms with Gasteiger partial charge in [0.1, 0.15) is 4.21 Å². The zero-order chi connectivity index (χ0) is 22.0.